The summed E-state index contributed by atoms with van der Waals surface area (Å²) < 4.78 is 13.5. The van der Waals surface area contributed by atoms with Crippen molar-refractivity contribution in [2.45, 2.75) is 23.1 Å². The molecular formula is C25H20FN5OS. The number of benzene rings is 2. The summed E-state index contributed by atoms with van der Waals surface area (Å²) in [5.41, 5.74) is 7.84. The Bertz CT molecular complexity index is 1260. The summed E-state index contributed by atoms with van der Waals surface area (Å²) in [5.74, 6) is -0.535. The van der Waals surface area contributed by atoms with E-state index in [0.29, 0.717) is 18.7 Å². The van der Waals surface area contributed by atoms with Crippen LogP contribution in [0.15, 0.2) is 59.6 Å². The third kappa shape index (κ3) is 4.52. The topological polar surface area (TPSA) is 107 Å². The molecule has 1 atom stereocenters. The van der Waals surface area contributed by atoms with Gasteiger partial charge in [0.15, 0.2) is 0 Å². The molecule has 2 heterocycles. The number of halogens is 1. The Balaban J connectivity index is 1.85. The van der Waals surface area contributed by atoms with Gasteiger partial charge in [0.2, 0.25) is 5.91 Å². The SMILES string of the molecule is N#Cc1c(N)nc(SC(C(=O)N2CCCC2)c2ccccc2)c(C#N)c1-c1ccc(F)cc1. The van der Waals surface area contributed by atoms with Crippen molar-refractivity contribution in [3.05, 3.63) is 77.1 Å². The van der Waals surface area contributed by atoms with Crippen molar-refractivity contribution in [2.75, 3.05) is 18.8 Å². The number of nitriles is 2. The number of aromatic nitrogens is 1. The van der Waals surface area contributed by atoms with Gasteiger partial charge in [-0.3, -0.25) is 4.79 Å². The largest absolute Gasteiger partial charge is 0.383 e. The number of thioether (sulfide) groups is 1. The molecule has 1 fully saturated rings. The summed E-state index contributed by atoms with van der Waals surface area (Å²) in [6.07, 6.45) is 1.91. The molecule has 1 unspecified atom stereocenters. The van der Waals surface area contributed by atoms with E-state index in [1.807, 2.05) is 41.3 Å². The van der Waals surface area contributed by atoms with Gasteiger partial charge in [0.25, 0.3) is 0 Å². The zero-order chi connectivity index (χ0) is 23.4. The summed E-state index contributed by atoms with van der Waals surface area (Å²) >= 11 is 1.15. The van der Waals surface area contributed by atoms with Crippen LogP contribution in [0.5, 0.6) is 0 Å². The van der Waals surface area contributed by atoms with Crippen LogP contribution in [0.25, 0.3) is 11.1 Å². The van der Waals surface area contributed by atoms with Crippen molar-refractivity contribution >= 4 is 23.5 Å². The van der Waals surface area contributed by atoms with E-state index >= 15 is 0 Å². The van der Waals surface area contributed by atoms with Crippen molar-refractivity contribution < 1.29 is 9.18 Å². The third-order valence-electron chi connectivity index (χ3n) is 5.52. The molecule has 0 saturated carbocycles. The molecule has 0 bridgehead atoms. The molecule has 1 aliphatic heterocycles. The fraction of sp³-hybridized carbons (Fsp3) is 0.200. The number of likely N-dealkylation sites (tertiary alicyclic amines) is 1. The van der Waals surface area contributed by atoms with Gasteiger partial charge in [0.1, 0.15) is 39.6 Å². The number of rotatable bonds is 5. The maximum atomic E-state index is 13.5. The number of anilines is 1. The van der Waals surface area contributed by atoms with Gasteiger partial charge in [-0.05, 0) is 36.1 Å². The van der Waals surface area contributed by atoms with Crippen LogP contribution in [-0.4, -0.2) is 28.9 Å². The van der Waals surface area contributed by atoms with Gasteiger partial charge in [-0.25, -0.2) is 9.37 Å². The van der Waals surface area contributed by atoms with E-state index in [0.717, 1.165) is 30.2 Å². The zero-order valence-electron chi connectivity index (χ0n) is 17.7. The highest BCUT2D eigenvalue weighted by Gasteiger charge is 2.31. The summed E-state index contributed by atoms with van der Waals surface area (Å²) in [7, 11) is 0. The second kappa shape index (κ2) is 9.72. The predicted molar refractivity (Wildman–Crippen MR) is 124 cm³/mol. The lowest BCUT2D eigenvalue weighted by Crippen LogP contribution is -2.31. The minimum absolute atomic E-state index is 0.0428. The molecule has 2 N–H and O–H groups in total. The molecule has 164 valence electrons. The second-order valence-electron chi connectivity index (χ2n) is 7.60. The van der Waals surface area contributed by atoms with E-state index in [4.69, 9.17) is 5.73 Å². The van der Waals surface area contributed by atoms with Gasteiger partial charge in [-0.15, -0.1) is 0 Å². The molecule has 0 spiro atoms. The molecule has 1 amide bonds. The molecule has 3 aromatic rings. The molecule has 8 heteroatoms. The maximum absolute atomic E-state index is 13.5. The van der Waals surface area contributed by atoms with Crippen LogP contribution in [0.1, 0.15) is 34.8 Å². The number of amides is 1. The molecule has 2 aromatic carbocycles. The van der Waals surface area contributed by atoms with Crippen LogP contribution in [-0.2, 0) is 4.79 Å². The highest BCUT2D eigenvalue weighted by atomic mass is 32.2. The number of carbonyl (C=O) groups is 1. The summed E-state index contributed by atoms with van der Waals surface area (Å²) in [5, 5.41) is 19.4. The number of hydrogen-bond acceptors (Lipinski definition) is 6. The first-order valence-electron chi connectivity index (χ1n) is 10.4. The zero-order valence-corrected chi connectivity index (χ0v) is 18.5. The fourth-order valence-corrected chi connectivity index (χ4v) is 5.08. The molecule has 1 saturated heterocycles. The minimum atomic E-state index is -0.627. The van der Waals surface area contributed by atoms with E-state index in [9.17, 15) is 19.7 Å². The second-order valence-corrected chi connectivity index (χ2v) is 8.69. The summed E-state index contributed by atoms with van der Waals surface area (Å²) in [6, 6.07) is 19.0. The molecule has 1 aromatic heterocycles. The van der Waals surface area contributed by atoms with Gasteiger partial charge >= 0.3 is 0 Å². The molecule has 0 aliphatic carbocycles. The van der Waals surface area contributed by atoms with E-state index in [1.54, 1.807) is 0 Å². The van der Waals surface area contributed by atoms with Crippen LogP contribution >= 0.6 is 11.8 Å². The Hall–Kier alpha value is -3.88. The Morgan fingerprint density at radius 1 is 1.03 bits per heavy atom. The maximum Gasteiger partial charge on any atom is 0.240 e. The van der Waals surface area contributed by atoms with Gasteiger partial charge in [0.05, 0.1) is 5.56 Å². The van der Waals surface area contributed by atoms with E-state index < -0.39 is 11.1 Å². The van der Waals surface area contributed by atoms with Crippen LogP contribution in [0.3, 0.4) is 0 Å². The Morgan fingerprint density at radius 2 is 1.67 bits per heavy atom. The van der Waals surface area contributed by atoms with Gasteiger partial charge in [0, 0.05) is 18.7 Å². The monoisotopic (exact) mass is 457 g/mol. The average Bonchev–Trinajstić information content (AvgIpc) is 3.38. The van der Waals surface area contributed by atoms with Crippen molar-refractivity contribution in [1.82, 2.24) is 9.88 Å². The highest BCUT2D eigenvalue weighted by molar-refractivity contribution is 8.00. The van der Waals surface area contributed by atoms with Gasteiger partial charge < -0.3 is 10.6 Å². The number of nitrogen functional groups attached to an aromatic ring is 1. The van der Waals surface area contributed by atoms with E-state index in [-0.39, 0.29) is 33.4 Å². The summed E-state index contributed by atoms with van der Waals surface area (Å²) in [6.45, 7) is 1.38. The molecule has 0 radical (unpaired) electrons. The first kappa shape index (κ1) is 22.3. The lowest BCUT2D eigenvalue weighted by atomic mass is 9.97. The average molecular weight is 458 g/mol. The van der Waals surface area contributed by atoms with Gasteiger partial charge in [-0.2, -0.15) is 10.5 Å². The smallest absolute Gasteiger partial charge is 0.240 e. The van der Waals surface area contributed by atoms with Crippen LogP contribution in [0, 0.1) is 28.5 Å². The van der Waals surface area contributed by atoms with Crippen molar-refractivity contribution in [2.24, 2.45) is 0 Å². The van der Waals surface area contributed by atoms with Crippen LogP contribution in [0.4, 0.5) is 10.2 Å². The van der Waals surface area contributed by atoms with E-state index in [1.165, 1.54) is 24.3 Å². The minimum Gasteiger partial charge on any atom is -0.383 e. The number of nitrogens with two attached hydrogens (primary N) is 1. The Morgan fingerprint density at radius 3 is 2.27 bits per heavy atom. The van der Waals surface area contributed by atoms with E-state index in [2.05, 4.69) is 11.1 Å². The van der Waals surface area contributed by atoms with Crippen molar-refractivity contribution in [3.63, 3.8) is 0 Å². The Labute approximate surface area is 195 Å². The van der Waals surface area contributed by atoms with Crippen molar-refractivity contribution in [1.29, 1.82) is 10.5 Å². The van der Waals surface area contributed by atoms with Crippen LogP contribution in [0.2, 0.25) is 0 Å². The predicted octanol–water partition coefficient (Wildman–Crippen LogP) is 4.67. The fourth-order valence-electron chi connectivity index (χ4n) is 3.89. The standard InChI is InChI=1S/C25H20FN5OS/c26-18-10-8-16(9-11-18)21-19(14-27)23(29)30-24(20(21)15-28)33-22(17-6-2-1-3-7-17)25(32)31-12-4-5-13-31/h1-3,6-11,22H,4-5,12-13H2,(H2,29,30). The lowest BCUT2D eigenvalue weighted by Gasteiger charge is -2.24. The normalized spacial score (nSPS) is 13.8. The summed E-state index contributed by atoms with van der Waals surface area (Å²) in [4.78, 5) is 19.6. The number of hydrogen-bond donors (Lipinski definition) is 1. The molecular weight excluding hydrogens is 437 g/mol. The third-order valence-corrected chi connectivity index (χ3v) is 6.75. The first-order valence-corrected chi connectivity index (χ1v) is 11.3. The molecule has 6 nitrogen and oxygen atoms in total. The number of pyridine rings is 1. The Kier molecular flexibility index (Phi) is 6.58. The number of carbonyl (C=O) groups excluding carboxylic acids is 1. The van der Waals surface area contributed by atoms with Gasteiger partial charge in [-0.1, -0.05) is 54.2 Å². The van der Waals surface area contributed by atoms with Crippen molar-refractivity contribution in [3.8, 4) is 23.3 Å². The molecule has 4 rings (SSSR count). The lowest BCUT2D eigenvalue weighted by molar-refractivity contribution is -0.129. The molecule has 1 aliphatic rings. The highest BCUT2D eigenvalue weighted by Crippen LogP contribution is 2.42. The number of nitrogens with zero attached hydrogens (tertiary/aromatic N) is 4. The molecule has 33 heavy (non-hydrogen) atoms. The first-order chi connectivity index (χ1) is 16.0. The van der Waals surface area contributed by atoms with Crippen LogP contribution < -0.4 is 5.73 Å². The quantitative estimate of drug-likeness (QED) is 0.558.